The Morgan fingerprint density at radius 3 is 1.95 bits per heavy atom. The highest BCUT2D eigenvalue weighted by Crippen LogP contribution is 2.48. The number of unbranched alkanes of at least 4 members (excludes halogenated alkanes) is 5. The van der Waals surface area contributed by atoms with Crippen molar-refractivity contribution in [2.45, 2.75) is 58.8 Å². The molecule has 0 saturated heterocycles. The lowest BCUT2D eigenvalue weighted by atomic mass is 10.2. The molecule has 7 heteroatoms. The molecule has 0 bridgehead atoms. The molecule has 0 aliphatic heterocycles. The van der Waals surface area contributed by atoms with E-state index in [1.807, 2.05) is 6.92 Å². The summed E-state index contributed by atoms with van der Waals surface area (Å²) in [4.78, 5) is 9.53. The van der Waals surface area contributed by atoms with Gasteiger partial charge in [0.15, 0.2) is 0 Å². The van der Waals surface area contributed by atoms with E-state index in [0.29, 0.717) is 19.4 Å². The first-order valence-electron chi connectivity index (χ1n) is 8.00. The maximum absolute atomic E-state index is 12.3. The Hall–Kier alpha value is 0.760. The maximum Gasteiger partial charge on any atom is 0.330 e. The summed E-state index contributed by atoms with van der Waals surface area (Å²) in [6.45, 7) is 6.74. The molecule has 0 aliphatic rings. The van der Waals surface area contributed by atoms with Crippen LogP contribution in [-0.4, -0.2) is 37.1 Å². The monoisotopic (exact) mass is 358 g/mol. The molecule has 4 nitrogen and oxygen atoms in total. The Kier molecular flexibility index (Phi) is 12.7. The summed E-state index contributed by atoms with van der Waals surface area (Å²) in [6.07, 6.45) is 6.18. The van der Waals surface area contributed by atoms with Gasteiger partial charge in [0, 0.05) is 6.16 Å². The van der Waals surface area contributed by atoms with Crippen LogP contribution < -0.4 is 0 Å². The van der Waals surface area contributed by atoms with Crippen LogP contribution in [0.3, 0.4) is 0 Å². The molecule has 0 spiro atoms. The van der Waals surface area contributed by atoms with Crippen LogP contribution in [0.15, 0.2) is 0 Å². The lowest BCUT2D eigenvalue weighted by Crippen LogP contribution is -2.01. The average molecular weight is 358 g/mol. The van der Waals surface area contributed by atoms with Crippen molar-refractivity contribution >= 4 is 25.7 Å². The molecule has 0 aromatic heterocycles. The number of rotatable bonds is 14. The van der Waals surface area contributed by atoms with Gasteiger partial charge in [-0.2, -0.15) is 0 Å². The summed E-state index contributed by atoms with van der Waals surface area (Å²) < 4.78 is 23.2. The van der Waals surface area contributed by atoms with Gasteiger partial charge in [0.1, 0.15) is 0 Å². The quantitative estimate of drug-likeness (QED) is 0.350. The second-order valence-electron chi connectivity index (χ2n) is 5.49. The van der Waals surface area contributed by atoms with Crippen LogP contribution in [0, 0.1) is 0 Å². The van der Waals surface area contributed by atoms with Gasteiger partial charge >= 0.3 is 7.60 Å². The molecule has 0 rings (SSSR count). The topological polar surface area (TPSA) is 55.8 Å². The zero-order valence-electron chi connectivity index (χ0n) is 13.8. The Morgan fingerprint density at radius 2 is 1.48 bits per heavy atom. The highest BCUT2D eigenvalue weighted by Gasteiger charge is 2.21. The summed E-state index contributed by atoms with van der Waals surface area (Å²) in [5, 5.41) is 0. The predicted molar refractivity (Wildman–Crippen MR) is 95.3 cm³/mol. The lowest BCUT2D eigenvalue weighted by molar-refractivity contribution is 0.199. The van der Waals surface area contributed by atoms with Crippen molar-refractivity contribution in [1.29, 1.82) is 0 Å². The van der Waals surface area contributed by atoms with Crippen LogP contribution in [0.2, 0.25) is 0 Å². The fourth-order valence-corrected chi connectivity index (χ4v) is 4.29. The van der Waals surface area contributed by atoms with Crippen LogP contribution in [0.1, 0.15) is 58.8 Å². The fraction of sp³-hybridized carbons (Fsp3) is 1.00. The molecule has 0 aliphatic carbocycles. The molecule has 128 valence electrons. The number of hydrogen-bond acceptors (Lipinski definition) is 4. The molecule has 0 heterocycles. The minimum absolute atomic E-state index is 0.433. The summed E-state index contributed by atoms with van der Waals surface area (Å²) in [5.74, 6) is 0. The first kappa shape index (κ1) is 21.8. The molecule has 0 aromatic carbocycles. The molecular weight excluding hydrogens is 326 g/mol. The molecule has 0 aromatic rings. The highest BCUT2D eigenvalue weighted by atomic mass is 32.4. The summed E-state index contributed by atoms with van der Waals surface area (Å²) in [7, 11) is -2.87. The van der Waals surface area contributed by atoms with Gasteiger partial charge in [-0.1, -0.05) is 51.3 Å². The van der Waals surface area contributed by atoms with Crippen molar-refractivity contribution in [3.05, 3.63) is 0 Å². The molecular formula is C14H32O4P2S. The smallest absolute Gasteiger partial charge is 0.330 e. The molecule has 1 N–H and O–H groups in total. The SMILES string of the molecule is CCCCCOP(=O)(CC)OCCCCCCP(C)(O)=S. The van der Waals surface area contributed by atoms with E-state index in [1.165, 1.54) is 0 Å². The summed E-state index contributed by atoms with van der Waals surface area (Å²) >= 11 is 5.00. The van der Waals surface area contributed by atoms with E-state index in [0.717, 1.165) is 51.1 Å². The second-order valence-corrected chi connectivity index (χ2v) is 12.8. The highest BCUT2D eigenvalue weighted by molar-refractivity contribution is 8.11. The first-order chi connectivity index (χ1) is 9.83. The third-order valence-corrected chi connectivity index (χ3v) is 6.80. The van der Waals surface area contributed by atoms with Crippen molar-refractivity contribution in [3.63, 3.8) is 0 Å². The third-order valence-electron chi connectivity index (χ3n) is 3.18. The molecule has 2 unspecified atom stereocenters. The fourth-order valence-electron chi connectivity index (χ4n) is 1.84. The lowest BCUT2D eigenvalue weighted by Gasteiger charge is -2.17. The zero-order chi connectivity index (χ0) is 16.2. The van der Waals surface area contributed by atoms with Gasteiger partial charge in [-0.15, -0.1) is 0 Å². The van der Waals surface area contributed by atoms with E-state index in [1.54, 1.807) is 6.66 Å². The van der Waals surface area contributed by atoms with Crippen molar-refractivity contribution < 1.29 is 18.5 Å². The van der Waals surface area contributed by atoms with Crippen LogP contribution in [0.4, 0.5) is 0 Å². The molecule has 0 radical (unpaired) electrons. The van der Waals surface area contributed by atoms with Crippen LogP contribution in [-0.2, 0) is 25.4 Å². The normalized spacial score (nSPS) is 17.3. The first-order valence-corrected chi connectivity index (χ1v) is 13.1. The van der Waals surface area contributed by atoms with Crippen LogP contribution in [0.5, 0.6) is 0 Å². The van der Waals surface area contributed by atoms with Gasteiger partial charge in [-0.05, 0) is 32.1 Å². The number of hydrogen-bond donors (Lipinski definition) is 1. The van der Waals surface area contributed by atoms with Crippen molar-refractivity contribution in [2.24, 2.45) is 0 Å². The van der Waals surface area contributed by atoms with Crippen LogP contribution in [0.25, 0.3) is 0 Å². The Balaban J connectivity index is 3.66. The Bertz CT molecular complexity index is 344. The second kappa shape index (κ2) is 12.2. The maximum atomic E-state index is 12.3. The van der Waals surface area contributed by atoms with Crippen molar-refractivity contribution in [2.75, 3.05) is 32.2 Å². The third kappa shape index (κ3) is 14.1. The standard InChI is InChI=1S/C14H32O4P2S/c1-4-6-9-12-17-20(16,5-2)18-13-10-7-8-11-14-19(3,15)21/h4-14H2,1-3H3,(H,15,21). The van der Waals surface area contributed by atoms with Crippen LogP contribution >= 0.6 is 13.9 Å². The molecule has 21 heavy (non-hydrogen) atoms. The minimum atomic E-state index is -2.87. The Labute approximate surface area is 135 Å². The zero-order valence-corrected chi connectivity index (χ0v) is 16.4. The Morgan fingerprint density at radius 1 is 0.952 bits per heavy atom. The molecule has 0 amide bonds. The van der Waals surface area contributed by atoms with E-state index < -0.39 is 13.9 Å². The van der Waals surface area contributed by atoms with E-state index in [2.05, 4.69) is 6.92 Å². The minimum Gasteiger partial charge on any atom is -0.365 e. The molecule has 0 fully saturated rings. The average Bonchev–Trinajstić information content (AvgIpc) is 2.41. The largest absolute Gasteiger partial charge is 0.365 e. The summed E-state index contributed by atoms with van der Waals surface area (Å²) in [5.41, 5.74) is 0. The van der Waals surface area contributed by atoms with Gasteiger partial charge in [-0.25, -0.2) is 0 Å². The molecule has 2 atom stereocenters. The van der Waals surface area contributed by atoms with Gasteiger partial charge in [0.05, 0.1) is 19.5 Å². The summed E-state index contributed by atoms with van der Waals surface area (Å²) in [6, 6.07) is 0. The van der Waals surface area contributed by atoms with E-state index in [9.17, 15) is 9.46 Å². The van der Waals surface area contributed by atoms with Gasteiger partial charge in [0.25, 0.3) is 0 Å². The predicted octanol–water partition coefficient (Wildman–Crippen LogP) is 5.00. The van der Waals surface area contributed by atoms with Gasteiger partial charge < -0.3 is 13.9 Å². The van der Waals surface area contributed by atoms with Gasteiger partial charge in [-0.3, -0.25) is 4.57 Å². The van der Waals surface area contributed by atoms with E-state index in [4.69, 9.17) is 20.9 Å². The van der Waals surface area contributed by atoms with Gasteiger partial charge in [0.2, 0.25) is 0 Å². The van der Waals surface area contributed by atoms with E-state index in [-0.39, 0.29) is 0 Å². The molecule has 0 saturated carbocycles. The van der Waals surface area contributed by atoms with Crippen molar-refractivity contribution in [3.8, 4) is 0 Å². The van der Waals surface area contributed by atoms with E-state index >= 15 is 0 Å². The van der Waals surface area contributed by atoms with Crippen molar-refractivity contribution in [1.82, 2.24) is 0 Å².